The van der Waals surface area contributed by atoms with Crippen molar-refractivity contribution in [1.29, 1.82) is 0 Å². The minimum absolute atomic E-state index is 0.104. The Labute approximate surface area is 129 Å². The van der Waals surface area contributed by atoms with Crippen molar-refractivity contribution in [2.75, 3.05) is 13.7 Å². The Kier molecular flexibility index (Phi) is 5.31. The first-order valence-electron chi connectivity index (χ1n) is 7.00. The lowest BCUT2D eigenvalue weighted by molar-refractivity contribution is -0.143. The highest BCUT2D eigenvalue weighted by Gasteiger charge is 2.16. The smallest absolute Gasteiger partial charge is 0.313 e. The van der Waals surface area contributed by atoms with Gasteiger partial charge in [-0.2, -0.15) is 0 Å². The van der Waals surface area contributed by atoms with Crippen molar-refractivity contribution in [3.05, 3.63) is 54.1 Å². The number of hydrogen-bond acceptors (Lipinski definition) is 4. The summed E-state index contributed by atoms with van der Waals surface area (Å²) in [6.45, 7) is 1.91. The minimum atomic E-state index is -0.365. The molecule has 0 unspecified atom stereocenters. The van der Waals surface area contributed by atoms with E-state index in [1.165, 1.54) is 12.2 Å². The maximum atomic E-state index is 12.0. The van der Waals surface area contributed by atoms with Crippen molar-refractivity contribution >= 4 is 23.0 Å². The van der Waals surface area contributed by atoms with E-state index in [-0.39, 0.29) is 18.5 Å². The van der Waals surface area contributed by atoms with Crippen LogP contribution in [0.25, 0.3) is 10.8 Å². The van der Waals surface area contributed by atoms with Crippen LogP contribution in [-0.4, -0.2) is 26.0 Å². The minimum Gasteiger partial charge on any atom is -0.497 e. The van der Waals surface area contributed by atoms with Crippen LogP contribution in [0.4, 0.5) is 0 Å². The van der Waals surface area contributed by atoms with E-state index in [9.17, 15) is 9.59 Å². The molecule has 0 saturated heterocycles. The number of benzene rings is 2. The van der Waals surface area contributed by atoms with E-state index in [0.29, 0.717) is 6.29 Å². The third-order valence-electron chi connectivity index (χ3n) is 3.46. The van der Waals surface area contributed by atoms with E-state index in [4.69, 9.17) is 9.47 Å². The van der Waals surface area contributed by atoms with Crippen LogP contribution < -0.4 is 4.74 Å². The number of esters is 1. The summed E-state index contributed by atoms with van der Waals surface area (Å²) in [7, 11) is 1.63. The number of aldehydes is 1. The Morgan fingerprint density at radius 1 is 1.18 bits per heavy atom. The van der Waals surface area contributed by atoms with Crippen molar-refractivity contribution in [2.24, 2.45) is 0 Å². The van der Waals surface area contributed by atoms with Gasteiger partial charge in [0.2, 0.25) is 0 Å². The fraction of sp³-hybridized carbons (Fsp3) is 0.222. The molecule has 0 aromatic heterocycles. The van der Waals surface area contributed by atoms with Gasteiger partial charge in [-0.1, -0.05) is 24.3 Å². The van der Waals surface area contributed by atoms with E-state index in [0.717, 1.165) is 22.1 Å². The number of methoxy groups -OCH3 is 1. The van der Waals surface area contributed by atoms with Crippen LogP contribution in [0.3, 0.4) is 0 Å². The lowest BCUT2D eigenvalue weighted by atomic mass is 9.98. The Balaban J connectivity index is 2.14. The lowest BCUT2D eigenvalue weighted by Crippen LogP contribution is -2.13. The highest BCUT2D eigenvalue weighted by molar-refractivity contribution is 5.86. The number of hydrogen-bond donors (Lipinski definition) is 0. The zero-order valence-corrected chi connectivity index (χ0v) is 12.6. The maximum absolute atomic E-state index is 12.0. The number of carbonyl (C=O) groups excluding carboxylic acids is 2. The van der Waals surface area contributed by atoms with Crippen LogP contribution in [-0.2, 0) is 14.3 Å². The molecule has 2 aromatic rings. The third-order valence-corrected chi connectivity index (χ3v) is 3.46. The third kappa shape index (κ3) is 3.73. The van der Waals surface area contributed by atoms with E-state index in [2.05, 4.69) is 0 Å². The summed E-state index contributed by atoms with van der Waals surface area (Å²) >= 11 is 0. The molecule has 0 amide bonds. The van der Waals surface area contributed by atoms with Crippen molar-refractivity contribution in [3.63, 3.8) is 0 Å². The van der Waals surface area contributed by atoms with Gasteiger partial charge < -0.3 is 9.47 Å². The molecule has 2 rings (SSSR count). The van der Waals surface area contributed by atoms with Crippen molar-refractivity contribution in [3.8, 4) is 5.75 Å². The van der Waals surface area contributed by atoms with Gasteiger partial charge in [-0.15, -0.1) is 0 Å². The number of allylic oxidation sites excluding steroid dienone is 1. The van der Waals surface area contributed by atoms with Crippen LogP contribution >= 0.6 is 0 Å². The van der Waals surface area contributed by atoms with Crippen LogP contribution in [0, 0.1) is 0 Å². The van der Waals surface area contributed by atoms with Gasteiger partial charge in [-0.25, -0.2) is 0 Å². The molecule has 4 nitrogen and oxygen atoms in total. The maximum Gasteiger partial charge on any atom is 0.313 e. The summed E-state index contributed by atoms with van der Waals surface area (Å²) < 4.78 is 10.3. The molecule has 0 aliphatic heterocycles. The monoisotopic (exact) mass is 298 g/mol. The Bertz CT molecular complexity index is 703. The predicted octanol–water partition coefficient (Wildman–Crippen LogP) is 3.25. The Morgan fingerprint density at radius 3 is 2.64 bits per heavy atom. The van der Waals surface area contributed by atoms with Gasteiger partial charge in [0.1, 0.15) is 18.6 Å². The molecule has 0 spiro atoms. The van der Waals surface area contributed by atoms with Gasteiger partial charge in [0.15, 0.2) is 0 Å². The predicted molar refractivity (Wildman–Crippen MR) is 85.1 cm³/mol. The van der Waals surface area contributed by atoms with E-state index in [1.807, 2.05) is 36.4 Å². The quantitative estimate of drug-likeness (QED) is 0.467. The molecule has 4 heteroatoms. The number of fused-ring (bicyclic) bond motifs is 1. The average Bonchev–Trinajstić information content (AvgIpc) is 2.56. The zero-order chi connectivity index (χ0) is 15.9. The summed E-state index contributed by atoms with van der Waals surface area (Å²) in [6.07, 6.45) is 3.46. The Hall–Kier alpha value is -2.62. The highest BCUT2D eigenvalue weighted by atomic mass is 16.5. The summed E-state index contributed by atoms with van der Waals surface area (Å²) in [6, 6.07) is 11.6. The summed E-state index contributed by atoms with van der Waals surface area (Å²) in [5.74, 6) is 0.120. The standard InChI is InChI=1S/C18H18O4/c1-13(18(20)22-10-4-3-9-19)14-5-6-16-12-17(21-2)8-7-15(16)11-14/h3-9,11-13H,10H2,1-2H3/b4-3+/t13-/m0/s1. The number of carbonyl (C=O) groups is 2. The first-order chi connectivity index (χ1) is 10.7. The van der Waals surface area contributed by atoms with Crippen molar-refractivity contribution in [2.45, 2.75) is 12.8 Å². The molecular weight excluding hydrogens is 280 g/mol. The summed E-state index contributed by atoms with van der Waals surface area (Å²) in [5.41, 5.74) is 0.891. The van der Waals surface area contributed by atoms with Crippen LogP contribution in [0.15, 0.2) is 48.6 Å². The number of rotatable bonds is 6. The fourth-order valence-corrected chi connectivity index (χ4v) is 2.14. The van der Waals surface area contributed by atoms with Gasteiger partial charge in [0.25, 0.3) is 0 Å². The topological polar surface area (TPSA) is 52.6 Å². The first-order valence-corrected chi connectivity index (χ1v) is 7.00. The molecular formula is C18H18O4. The molecule has 0 N–H and O–H groups in total. The highest BCUT2D eigenvalue weighted by Crippen LogP contribution is 2.25. The van der Waals surface area contributed by atoms with Gasteiger partial charge in [0, 0.05) is 0 Å². The first kappa shape index (κ1) is 15.8. The largest absolute Gasteiger partial charge is 0.497 e. The van der Waals surface area contributed by atoms with Crippen molar-refractivity contribution in [1.82, 2.24) is 0 Å². The molecule has 0 aliphatic rings. The fourth-order valence-electron chi connectivity index (χ4n) is 2.14. The van der Waals surface area contributed by atoms with Crippen LogP contribution in [0.1, 0.15) is 18.4 Å². The Morgan fingerprint density at radius 2 is 1.91 bits per heavy atom. The van der Waals surface area contributed by atoms with Gasteiger partial charge in [-0.05, 0) is 47.5 Å². The summed E-state index contributed by atoms with van der Waals surface area (Å²) in [5, 5.41) is 2.09. The van der Waals surface area contributed by atoms with E-state index < -0.39 is 0 Å². The molecule has 0 aliphatic carbocycles. The number of ether oxygens (including phenoxy) is 2. The summed E-state index contributed by atoms with van der Waals surface area (Å²) in [4.78, 5) is 22.1. The van der Waals surface area contributed by atoms with E-state index in [1.54, 1.807) is 14.0 Å². The molecule has 22 heavy (non-hydrogen) atoms. The second-order valence-corrected chi connectivity index (χ2v) is 4.89. The van der Waals surface area contributed by atoms with Crippen LogP contribution in [0.5, 0.6) is 5.75 Å². The zero-order valence-electron chi connectivity index (χ0n) is 12.6. The van der Waals surface area contributed by atoms with Gasteiger partial charge in [-0.3, -0.25) is 9.59 Å². The molecule has 0 heterocycles. The average molecular weight is 298 g/mol. The van der Waals surface area contributed by atoms with E-state index >= 15 is 0 Å². The lowest BCUT2D eigenvalue weighted by Gasteiger charge is -2.12. The normalized spacial score (nSPS) is 12.3. The molecule has 114 valence electrons. The second kappa shape index (κ2) is 7.41. The second-order valence-electron chi connectivity index (χ2n) is 4.89. The van der Waals surface area contributed by atoms with Crippen LogP contribution in [0.2, 0.25) is 0 Å². The molecule has 2 aromatic carbocycles. The van der Waals surface area contributed by atoms with Crippen molar-refractivity contribution < 1.29 is 19.1 Å². The SMILES string of the molecule is COc1ccc2cc([C@H](C)C(=O)OC/C=C/C=O)ccc2c1. The molecule has 0 bridgehead atoms. The molecule has 0 radical (unpaired) electrons. The molecule has 0 saturated carbocycles. The molecule has 0 fully saturated rings. The van der Waals surface area contributed by atoms with Gasteiger partial charge in [0.05, 0.1) is 13.0 Å². The molecule has 1 atom stereocenters. The van der Waals surface area contributed by atoms with Gasteiger partial charge >= 0.3 is 5.97 Å².